The van der Waals surface area contributed by atoms with Crippen LogP contribution in [0.1, 0.15) is 27.9 Å². The molecule has 1 amide bonds. The highest BCUT2D eigenvalue weighted by Gasteiger charge is 2.29. The minimum absolute atomic E-state index is 0.271. The summed E-state index contributed by atoms with van der Waals surface area (Å²) in [5.41, 5.74) is 0.483. The SMILES string of the molecule is O=C(NCCc1ccc(C(F)(F)F)cc1)c1ccc2c(c1)OCCCO2. The Morgan fingerprint density at radius 1 is 1.00 bits per heavy atom. The van der Waals surface area contributed by atoms with Crippen molar-refractivity contribution >= 4 is 5.91 Å². The van der Waals surface area contributed by atoms with Gasteiger partial charge in [-0.1, -0.05) is 12.1 Å². The Labute approximate surface area is 148 Å². The molecule has 1 aliphatic rings. The van der Waals surface area contributed by atoms with Gasteiger partial charge in [0.25, 0.3) is 5.91 Å². The van der Waals surface area contributed by atoms with E-state index < -0.39 is 11.7 Å². The minimum Gasteiger partial charge on any atom is -0.490 e. The summed E-state index contributed by atoms with van der Waals surface area (Å²) in [6, 6.07) is 9.91. The highest BCUT2D eigenvalue weighted by Crippen LogP contribution is 2.30. The van der Waals surface area contributed by atoms with Gasteiger partial charge < -0.3 is 14.8 Å². The van der Waals surface area contributed by atoms with Crippen LogP contribution >= 0.6 is 0 Å². The molecule has 0 fully saturated rings. The van der Waals surface area contributed by atoms with Crippen LogP contribution in [0.4, 0.5) is 13.2 Å². The predicted molar refractivity (Wildman–Crippen MR) is 89.5 cm³/mol. The fourth-order valence-corrected chi connectivity index (χ4v) is 2.59. The quantitative estimate of drug-likeness (QED) is 0.896. The van der Waals surface area contributed by atoms with E-state index in [4.69, 9.17) is 9.47 Å². The molecule has 0 saturated carbocycles. The monoisotopic (exact) mass is 365 g/mol. The lowest BCUT2D eigenvalue weighted by molar-refractivity contribution is -0.137. The number of halogens is 3. The Morgan fingerprint density at radius 3 is 2.38 bits per heavy atom. The summed E-state index contributed by atoms with van der Waals surface area (Å²) >= 11 is 0. The summed E-state index contributed by atoms with van der Waals surface area (Å²) in [5, 5.41) is 2.76. The van der Waals surface area contributed by atoms with Crippen molar-refractivity contribution in [1.29, 1.82) is 0 Å². The second-order valence-corrected chi connectivity index (χ2v) is 5.91. The van der Waals surface area contributed by atoms with Crippen LogP contribution in [0, 0.1) is 0 Å². The highest BCUT2D eigenvalue weighted by atomic mass is 19.4. The molecule has 0 radical (unpaired) electrons. The molecule has 0 unspecified atom stereocenters. The van der Waals surface area contributed by atoms with Crippen LogP contribution < -0.4 is 14.8 Å². The normalized spacial score (nSPS) is 13.8. The molecule has 2 aromatic rings. The smallest absolute Gasteiger partial charge is 0.416 e. The predicted octanol–water partition coefficient (Wildman–Crippen LogP) is 3.84. The molecule has 0 atom stereocenters. The maximum absolute atomic E-state index is 12.5. The van der Waals surface area contributed by atoms with Crippen LogP contribution in [0.25, 0.3) is 0 Å². The van der Waals surface area contributed by atoms with E-state index in [1.165, 1.54) is 12.1 Å². The third kappa shape index (κ3) is 4.47. The number of hydrogen-bond acceptors (Lipinski definition) is 3. The average molecular weight is 365 g/mol. The van der Waals surface area contributed by atoms with E-state index in [1.54, 1.807) is 18.2 Å². The first-order valence-electron chi connectivity index (χ1n) is 8.27. The van der Waals surface area contributed by atoms with Crippen LogP contribution in [0.15, 0.2) is 42.5 Å². The molecule has 26 heavy (non-hydrogen) atoms. The maximum Gasteiger partial charge on any atom is 0.416 e. The summed E-state index contributed by atoms with van der Waals surface area (Å²) in [6.07, 6.45) is -3.12. The highest BCUT2D eigenvalue weighted by molar-refractivity contribution is 5.94. The van der Waals surface area contributed by atoms with Crippen LogP contribution in [-0.4, -0.2) is 25.7 Å². The third-order valence-corrected chi connectivity index (χ3v) is 3.99. The largest absolute Gasteiger partial charge is 0.490 e. The van der Waals surface area contributed by atoms with Crippen molar-refractivity contribution in [2.24, 2.45) is 0 Å². The first-order chi connectivity index (χ1) is 12.4. The van der Waals surface area contributed by atoms with Gasteiger partial charge in [0.1, 0.15) is 0 Å². The number of hydrogen-bond donors (Lipinski definition) is 1. The zero-order valence-electron chi connectivity index (χ0n) is 13.9. The van der Waals surface area contributed by atoms with Gasteiger partial charge in [0.05, 0.1) is 18.8 Å². The lowest BCUT2D eigenvalue weighted by atomic mass is 10.1. The molecule has 4 nitrogen and oxygen atoms in total. The molecule has 0 spiro atoms. The number of fused-ring (bicyclic) bond motifs is 1. The minimum atomic E-state index is -4.34. The Bertz CT molecular complexity index is 773. The van der Waals surface area contributed by atoms with E-state index in [9.17, 15) is 18.0 Å². The van der Waals surface area contributed by atoms with Crippen LogP contribution in [0.3, 0.4) is 0 Å². The van der Waals surface area contributed by atoms with Crippen molar-refractivity contribution in [1.82, 2.24) is 5.32 Å². The molecule has 1 heterocycles. The molecule has 3 rings (SSSR count). The Hall–Kier alpha value is -2.70. The van der Waals surface area contributed by atoms with Gasteiger partial charge in [-0.3, -0.25) is 4.79 Å². The number of benzene rings is 2. The first-order valence-corrected chi connectivity index (χ1v) is 8.27. The summed E-state index contributed by atoms with van der Waals surface area (Å²) in [6.45, 7) is 1.43. The van der Waals surface area contributed by atoms with E-state index in [-0.39, 0.29) is 5.91 Å². The fraction of sp³-hybridized carbons (Fsp3) is 0.316. The second-order valence-electron chi connectivity index (χ2n) is 5.91. The lowest BCUT2D eigenvalue weighted by Crippen LogP contribution is -2.25. The van der Waals surface area contributed by atoms with Gasteiger partial charge in [0.2, 0.25) is 0 Å². The maximum atomic E-state index is 12.5. The number of carbonyl (C=O) groups excluding carboxylic acids is 1. The lowest BCUT2D eigenvalue weighted by Gasteiger charge is -2.10. The Morgan fingerprint density at radius 2 is 1.69 bits per heavy atom. The molecule has 2 aromatic carbocycles. The first kappa shape index (κ1) is 18.1. The molecule has 0 aliphatic carbocycles. The van der Waals surface area contributed by atoms with Crippen molar-refractivity contribution in [3.63, 3.8) is 0 Å². The summed E-state index contributed by atoms with van der Waals surface area (Å²) in [4.78, 5) is 12.2. The van der Waals surface area contributed by atoms with Crippen molar-refractivity contribution < 1.29 is 27.4 Å². The topological polar surface area (TPSA) is 47.6 Å². The summed E-state index contributed by atoms with van der Waals surface area (Å²) < 4.78 is 48.7. The zero-order chi connectivity index (χ0) is 18.6. The van der Waals surface area contributed by atoms with Crippen molar-refractivity contribution in [2.45, 2.75) is 19.0 Å². The van der Waals surface area contributed by atoms with Gasteiger partial charge in [0, 0.05) is 18.5 Å². The molecule has 1 aliphatic heterocycles. The van der Waals surface area contributed by atoms with E-state index in [0.717, 1.165) is 24.1 Å². The van der Waals surface area contributed by atoms with E-state index in [1.807, 2.05) is 0 Å². The van der Waals surface area contributed by atoms with Gasteiger partial charge >= 0.3 is 6.18 Å². The fourth-order valence-electron chi connectivity index (χ4n) is 2.59. The molecule has 0 aromatic heterocycles. The summed E-state index contributed by atoms with van der Waals surface area (Å²) in [5.74, 6) is 0.884. The standard InChI is InChI=1S/C19H18F3NO3/c20-19(21,22)15-5-2-13(3-6-15)8-9-23-18(24)14-4-7-16-17(12-14)26-11-1-10-25-16/h2-7,12H,1,8-11H2,(H,23,24). The van der Waals surface area contributed by atoms with Crippen molar-refractivity contribution in [3.8, 4) is 11.5 Å². The van der Waals surface area contributed by atoms with Gasteiger partial charge in [-0.15, -0.1) is 0 Å². The third-order valence-electron chi connectivity index (χ3n) is 3.99. The number of nitrogens with one attached hydrogen (secondary N) is 1. The zero-order valence-corrected chi connectivity index (χ0v) is 13.9. The Balaban J connectivity index is 1.55. The molecule has 0 saturated heterocycles. The van der Waals surface area contributed by atoms with Gasteiger partial charge in [-0.25, -0.2) is 0 Å². The van der Waals surface area contributed by atoms with Crippen molar-refractivity contribution in [2.75, 3.05) is 19.8 Å². The molecule has 138 valence electrons. The molecule has 0 bridgehead atoms. The van der Waals surface area contributed by atoms with E-state index in [2.05, 4.69) is 5.32 Å². The van der Waals surface area contributed by atoms with Crippen molar-refractivity contribution in [3.05, 3.63) is 59.2 Å². The second kappa shape index (κ2) is 7.68. The molecule has 1 N–H and O–H groups in total. The number of ether oxygens (including phenoxy) is 2. The van der Waals surface area contributed by atoms with Crippen LogP contribution in [-0.2, 0) is 12.6 Å². The molecular weight excluding hydrogens is 347 g/mol. The number of amides is 1. The summed E-state index contributed by atoms with van der Waals surface area (Å²) in [7, 11) is 0. The van der Waals surface area contributed by atoms with E-state index >= 15 is 0 Å². The van der Waals surface area contributed by atoms with Crippen LogP contribution in [0.2, 0.25) is 0 Å². The number of carbonyl (C=O) groups is 1. The molecular formula is C19H18F3NO3. The van der Waals surface area contributed by atoms with E-state index in [0.29, 0.717) is 43.2 Å². The number of alkyl halides is 3. The Kier molecular flexibility index (Phi) is 5.35. The molecule has 7 heteroatoms. The number of rotatable bonds is 4. The van der Waals surface area contributed by atoms with Gasteiger partial charge in [-0.2, -0.15) is 13.2 Å². The average Bonchev–Trinajstić information content (AvgIpc) is 2.86. The van der Waals surface area contributed by atoms with Crippen LogP contribution in [0.5, 0.6) is 11.5 Å². The van der Waals surface area contributed by atoms with Gasteiger partial charge in [0.15, 0.2) is 11.5 Å². The van der Waals surface area contributed by atoms with Gasteiger partial charge in [-0.05, 0) is 42.3 Å².